The summed E-state index contributed by atoms with van der Waals surface area (Å²) in [5, 5.41) is 12.7. The third-order valence-corrected chi connectivity index (χ3v) is 3.85. The normalized spacial score (nSPS) is 26.4. The Labute approximate surface area is 113 Å². The van der Waals surface area contributed by atoms with Crippen molar-refractivity contribution < 1.29 is 14.6 Å². The summed E-state index contributed by atoms with van der Waals surface area (Å²) >= 11 is 0. The van der Waals surface area contributed by atoms with Crippen molar-refractivity contribution in [3.05, 3.63) is 23.0 Å². The van der Waals surface area contributed by atoms with Gasteiger partial charge in [-0.3, -0.25) is 4.98 Å². The fourth-order valence-electron chi connectivity index (χ4n) is 2.50. The van der Waals surface area contributed by atoms with Crippen molar-refractivity contribution in [2.45, 2.75) is 45.8 Å². The maximum atomic E-state index is 11.4. The van der Waals surface area contributed by atoms with E-state index in [0.717, 1.165) is 12.1 Å². The molecule has 2 atom stereocenters. The largest absolute Gasteiger partial charge is 0.478 e. The molecule has 0 aliphatic carbocycles. The number of pyridine rings is 1. The van der Waals surface area contributed by atoms with Gasteiger partial charge in [-0.15, -0.1) is 0 Å². The highest BCUT2D eigenvalue weighted by Gasteiger charge is 2.37. The van der Waals surface area contributed by atoms with Gasteiger partial charge in [0.2, 0.25) is 0 Å². The van der Waals surface area contributed by atoms with E-state index < -0.39 is 5.97 Å². The minimum Gasteiger partial charge on any atom is -0.478 e. The lowest BCUT2D eigenvalue weighted by Gasteiger charge is -2.31. The molecule has 1 aromatic rings. The van der Waals surface area contributed by atoms with Gasteiger partial charge in [0, 0.05) is 12.3 Å². The lowest BCUT2D eigenvalue weighted by Crippen LogP contribution is -2.41. The van der Waals surface area contributed by atoms with Crippen LogP contribution in [-0.2, 0) is 4.74 Å². The molecule has 0 amide bonds. The zero-order valence-corrected chi connectivity index (χ0v) is 11.8. The number of hydrogen-bond acceptors (Lipinski definition) is 4. The van der Waals surface area contributed by atoms with Crippen LogP contribution < -0.4 is 5.32 Å². The van der Waals surface area contributed by atoms with Crippen LogP contribution in [0.5, 0.6) is 0 Å². The molecule has 1 aliphatic rings. The molecule has 0 spiro atoms. The minimum absolute atomic E-state index is 0.0444. The average Bonchev–Trinajstić information content (AvgIpc) is 2.56. The number of aromatic nitrogens is 1. The van der Waals surface area contributed by atoms with Gasteiger partial charge in [0.05, 0.1) is 23.0 Å². The van der Waals surface area contributed by atoms with Crippen LogP contribution in [-0.4, -0.2) is 34.3 Å². The Morgan fingerprint density at radius 3 is 2.79 bits per heavy atom. The number of aromatic carboxylic acids is 1. The number of ether oxygens (including phenoxy) is 1. The van der Waals surface area contributed by atoms with E-state index in [1.165, 1.54) is 0 Å². The van der Waals surface area contributed by atoms with Crippen molar-refractivity contribution in [2.24, 2.45) is 0 Å². The summed E-state index contributed by atoms with van der Waals surface area (Å²) in [7, 11) is 0. The summed E-state index contributed by atoms with van der Waals surface area (Å²) in [4.78, 5) is 15.6. The second kappa shape index (κ2) is 4.81. The molecule has 104 valence electrons. The van der Waals surface area contributed by atoms with E-state index in [0.29, 0.717) is 18.0 Å². The quantitative estimate of drug-likeness (QED) is 0.877. The molecule has 0 saturated carbocycles. The fourth-order valence-corrected chi connectivity index (χ4v) is 2.50. The summed E-state index contributed by atoms with van der Waals surface area (Å²) in [5.41, 5.74) is 1.96. The van der Waals surface area contributed by atoms with E-state index in [4.69, 9.17) is 4.74 Å². The molecule has 1 aromatic heterocycles. The molecule has 2 unspecified atom stereocenters. The van der Waals surface area contributed by atoms with Gasteiger partial charge in [-0.1, -0.05) is 0 Å². The zero-order chi connectivity index (χ0) is 14.2. The Hall–Kier alpha value is -1.62. The number of carbonyl (C=O) groups is 1. The number of aryl methyl sites for hydroxylation is 2. The van der Waals surface area contributed by atoms with Crippen molar-refractivity contribution in [1.29, 1.82) is 0 Å². The van der Waals surface area contributed by atoms with Crippen LogP contribution in [0.25, 0.3) is 0 Å². The van der Waals surface area contributed by atoms with E-state index in [1.54, 1.807) is 13.0 Å². The molecule has 2 rings (SSSR count). The number of anilines is 1. The first kappa shape index (κ1) is 13.8. The van der Waals surface area contributed by atoms with E-state index in [9.17, 15) is 9.90 Å². The Kier molecular flexibility index (Phi) is 3.49. The molecule has 2 heterocycles. The van der Waals surface area contributed by atoms with Crippen LogP contribution in [0, 0.1) is 13.8 Å². The smallest absolute Gasteiger partial charge is 0.339 e. The van der Waals surface area contributed by atoms with Gasteiger partial charge >= 0.3 is 5.97 Å². The predicted molar refractivity (Wildman–Crippen MR) is 72.7 cm³/mol. The van der Waals surface area contributed by atoms with Gasteiger partial charge in [-0.2, -0.15) is 0 Å². The van der Waals surface area contributed by atoms with E-state index in [2.05, 4.69) is 17.2 Å². The van der Waals surface area contributed by atoms with Gasteiger partial charge in [-0.05, 0) is 40.2 Å². The summed E-state index contributed by atoms with van der Waals surface area (Å²) < 4.78 is 5.58. The first-order valence-electron chi connectivity index (χ1n) is 6.45. The maximum Gasteiger partial charge on any atom is 0.339 e. The molecule has 19 heavy (non-hydrogen) atoms. The van der Waals surface area contributed by atoms with Crippen LogP contribution in [0.3, 0.4) is 0 Å². The summed E-state index contributed by atoms with van der Waals surface area (Å²) in [6.07, 6.45) is 0.899. The molecule has 0 bridgehead atoms. The van der Waals surface area contributed by atoms with E-state index in [-0.39, 0.29) is 17.2 Å². The van der Waals surface area contributed by atoms with Crippen LogP contribution >= 0.6 is 0 Å². The number of nitrogens with one attached hydrogen (secondary N) is 1. The highest BCUT2D eigenvalue weighted by Crippen LogP contribution is 2.31. The highest BCUT2D eigenvalue weighted by molar-refractivity contribution is 5.95. The number of hydrogen-bond donors (Lipinski definition) is 2. The van der Waals surface area contributed by atoms with Crippen LogP contribution in [0.2, 0.25) is 0 Å². The Balaban J connectivity index is 2.42. The molecule has 5 nitrogen and oxygen atoms in total. The first-order chi connectivity index (χ1) is 8.83. The van der Waals surface area contributed by atoms with Crippen LogP contribution in [0.15, 0.2) is 6.07 Å². The van der Waals surface area contributed by atoms with E-state index >= 15 is 0 Å². The topological polar surface area (TPSA) is 71.5 Å². The second-order valence-corrected chi connectivity index (χ2v) is 5.38. The minimum atomic E-state index is -0.956. The zero-order valence-electron chi connectivity index (χ0n) is 11.8. The van der Waals surface area contributed by atoms with E-state index in [1.807, 2.05) is 13.8 Å². The number of rotatable bonds is 3. The molecular formula is C14H20N2O3. The lowest BCUT2D eigenvalue weighted by molar-refractivity contribution is 0.0696. The van der Waals surface area contributed by atoms with Crippen LogP contribution in [0.1, 0.15) is 42.0 Å². The second-order valence-electron chi connectivity index (χ2n) is 5.38. The Morgan fingerprint density at radius 1 is 1.58 bits per heavy atom. The highest BCUT2D eigenvalue weighted by atomic mass is 16.5. The van der Waals surface area contributed by atoms with Crippen molar-refractivity contribution >= 4 is 11.7 Å². The van der Waals surface area contributed by atoms with Crippen LogP contribution in [0.4, 0.5) is 5.69 Å². The number of carboxylic acids is 1. The van der Waals surface area contributed by atoms with Gasteiger partial charge in [0.1, 0.15) is 5.56 Å². The molecule has 1 fully saturated rings. The molecule has 2 N–H and O–H groups in total. The molecular weight excluding hydrogens is 244 g/mol. The summed E-state index contributed by atoms with van der Waals surface area (Å²) in [6, 6.07) is 1.78. The predicted octanol–water partition coefficient (Wildman–Crippen LogP) is 2.38. The third kappa shape index (κ3) is 2.56. The average molecular weight is 264 g/mol. The van der Waals surface area contributed by atoms with Gasteiger partial charge < -0.3 is 15.2 Å². The van der Waals surface area contributed by atoms with Gasteiger partial charge in [-0.25, -0.2) is 4.79 Å². The molecule has 1 saturated heterocycles. The van der Waals surface area contributed by atoms with Crippen molar-refractivity contribution in [1.82, 2.24) is 4.98 Å². The Bertz CT molecular complexity index is 516. The van der Waals surface area contributed by atoms with Crippen molar-refractivity contribution in [3.63, 3.8) is 0 Å². The lowest BCUT2D eigenvalue weighted by atomic mass is 9.93. The van der Waals surface area contributed by atoms with Gasteiger partial charge in [0.25, 0.3) is 0 Å². The van der Waals surface area contributed by atoms with Gasteiger partial charge in [0.15, 0.2) is 0 Å². The summed E-state index contributed by atoms with van der Waals surface area (Å²) in [5.74, 6) is -0.956. The van der Waals surface area contributed by atoms with Crippen molar-refractivity contribution in [3.8, 4) is 0 Å². The molecule has 5 heteroatoms. The maximum absolute atomic E-state index is 11.4. The third-order valence-electron chi connectivity index (χ3n) is 3.85. The molecule has 0 radical (unpaired) electrons. The fraction of sp³-hybridized carbons (Fsp3) is 0.571. The Morgan fingerprint density at radius 2 is 2.26 bits per heavy atom. The SMILES string of the molecule is Cc1cc(NC2(C)CCOC2C)c(C(=O)O)c(C)n1. The van der Waals surface area contributed by atoms with Crippen molar-refractivity contribution in [2.75, 3.05) is 11.9 Å². The standard InChI is InChI=1S/C14H20N2O3/c1-8-7-11(12(13(17)18)9(2)15-8)16-14(4)5-6-19-10(14)3/h7,10H,5-6H2,1-4H3,(H,15,16)(H,17,18). The molecule has 0 aromatic carbocycles. The first-order valence-corrected chi connectivity index (χ1v) is 6.45. The molecule has 1 aliphatic heterocycles. The summed E-state index contributed by atoms with van der Waals surface area (Å²) in [6.45, 7) is 8.33. The monoisotopic (exact) mass is 264 g/mol. The number of nitrogens with zero attached hydrogens (tertiary/aromatic N) is 1. The number of carboxylic acid groups (broad SMARTS) is 1.